The van der Waals surface area contributed by atoms with Gasteiger partial charge in [0.2, 0.25) is 0 Å². The largest absolute Gasteiger partial charge is 0.296 e. The molecule has 3 nitrogen and oxygen atoms in total. The van der Waals surface area contributed by atoms with E-state index in [-0.39, 0.29) is 0 Å². The fourth-order valence-corrected chi connectivity index (χ4v) is 0.960. The van der Waals surface area contributed by atoms with Gasteiger partial charge in [-0.05, 0) is 6.54 Å². The molecule has 0 aromatic carbocycles. The predicted molar refractivity (Wildman–Crippen MR) is 38.3 cm³/mol. The van der Waals surface area contributed by atoms with Crippen LogP contribution in [-0.4, -0.2) is 31.0 Å². The molecule has 0 aromatic rings. The second kappa shape index (κ2) is 2.82. The Kier molecular flexibility index (Phi) is 2.05. The number of hydrogen-bond donors (Lipinski definition) is 1. The fourth-order valence-electron chi connectivity index (χ4n) is 0.960. The van der Waals surface area contributed by atoms with Gasteiger partial charge < -0.3 is 0 Å². The minimum atomic E-state index is 0.440. The Balaban J connectivity index is 2.28. The summed E-state index contributed by atoms with van der Waals surface area (Å²) in [5, 5.41) is 9.33. The van der Waals surface area contributed by atoms with Crippen molar-refractivity contribution in [2.45, 2.75) is 19.5 Å². The third kappa shape index (κ3) is 1.42. The summed E-state index contributed by atoms with van der Waals surface area (Å²) >= 11 is 0. The van der Waals surface area contributed by atoms with Crippen LogP contribution in [-0.2, 0) is 0 Å². The Hall–Kier alpha value is -0.570. The van der Waals surface area contributed by atoms with Crippen molar-refractivity contribution in [3.63, 3.8) is 0 Å². The molecule has 0 saturated carbocycles. The molecule has 0 aliphatic carbocycles. The maximum atomic E-state index is 4.08. The Morgan fingerprint density at radius 3 is 3.11 bits per heavy atom. The standard InChI is InChI=1S/C6H13N3/c1-3-7-6-4-5-8-9(6)2/h5-7H,3-4H2,1-2H3. The first-order valence-electron chi connectivity index (χ1n) is 3.33. The average molecular weight is 127 g/mol. The lowest BCUT2D eigenvalue weighted by molar-refractivity contribution is 0.245. The van der Waals surface area contributed by atoms with E-state index >= 15 is 0 Å². The van der Waals surface area contributed by atoms with Crippen LogP contribution in [0.4, 0.5) is 0 Å². The molecule has 0 radical (unpaired) electrons. The summed E-state index contributed by atoms with van der Waals surface area (Å²) in [6.45, 7) is 3.12. The van der Waals surface area contributed by atoms with Crippen molar-refractivity contribution in [2.75, 3.05) is 13.6 Å². The van der Waals surface area contributed by atoms with Gasteiger partial charge in [0.15, 0.2) is 0 Å². The maximum absolute atomic E-state index is 4.08. The molecule has 1 aliphatic rings. The van der Waals surface area contributed by atoms with Crippen molar-refractivity contribution in [2.24, 2.45) is 5.10 Å². The van der Waals surface area contributed by atoms with E-state index in [1.54, 1.807) is 0 Å². The molecule has 1 aliphatic heterocycles. The summed E-state index contributed by atoms with van der Waals surface area (Å²) in [7, 11) is 1.98. The minimum absolute atomic E-state index is 0.440. The lowest BCUT2D eigenvalue weighted by Gasteiger charge is -2.18. The zero-order valence-electron chi connectivity index (χ0n) is 5.96. The molecule has 1 N–H and O–H groups in total. The molecule has 9 heavy (non-hydrogen) atoms. The van der Waals surface area contributed by atoms with Gasteiger partial charge in [-0.3, -0.25) is 10.3 Å². The van der Waals surface area contributed by atoms with Crippen molar-refractivity contribution < 1.29 is 0 Å². The molecular formula is C6H13N3. The van der Waals surface area contributed by atoms with Gasteiger partial charge in [-0.2, -0.15) is 5.10 Å². The molecule has 0 fully saturated rings. The second-order valence-electron chi connectivity index (χ2n) is 2.18. The highest BCUT2D eigenvalue weighted by molar-refractivity contribution is 5.59. The molecule has 0 spiro atoms. The van der Waals surface area contributed by atoms with Gasteiger partial charge in [0.05, 0.1) is 0 Å². The first kappa shape index (κ1) is 6.55. The average Bonchev–Trinajstić information content (AvgIpc) is 2.18. The highest BCUT2D eigenvalue weighted by Crippen LogP contribution is 2.03. The second-order valence-corrected chi connectivity index (χ2v) is 2.18. The predicted octanol–water partition coefficient (Wildman–Crippen LogP) is 0.243. The van der Waals surface area contributed by atoms with Crippen molar-refractivity contribution in [3.05, 3.63) is 0 Å². The van der Waals surface area contributed by atoms with Crippen LogP contribution in [0.3, 0.4) is 0 Å². The zero-order valence-corrected chi connectivity index (χ0v) is 5.96. The number of hydrazone groups is 1. The lowest BCUT2D eigenvalue weighted by atomic mass is 10.4. The van der Waals surface area contributed by atoms with Crippen LogP contribution in [0.1, 0.15) is 13.3 Å². The van der Waals surface area contributed by atoms with Crippen LogP contribution in [0.2, 0.25) is 0 Å². The van der Waals surface area contributed by atoms with Gasteiger partial charge in [-0.15, -0.1) is 0 Å². The third-order valence-electron chi connectivity index (χ3n) is 1.48. The Morgan fingerprint density at radius 1 is 1.89 bits per heavy atom. The Labute approximate surface area is 55.7 Å². The number of nitrogens with one attached hydrogen (secondary N) is 1. The van der Waals surface area contributed by atoms with E-state index in [4.69, 9.17) is 0 Å². The number of nitrogens with zero attached hydrogens (tertiary/aromatic N) is 2. The van der Waals surface area contributed by atoms with Gasteiger partial charge >= 0.3 is 0 Å². The first-order chi connectivity index (χ1) is 4.34. The molecule has 1 unspecified atom stereocenters. The van der Waals surface area contributed by atoms with E-state index < -0.39 is 0 Å². The molecule has 3 heteroatoms. The molecule has 0 aromatic heterocycles. The number of hydrogen-bond acceptors (Lipinski definition) is 3. The molecular weight excluding hydrogens is 114 g/mol. The summed E-state index contributed by atoms with van der Waals surface area (Å²) in [6, 6.07) is 0. The summed E-state index contributed by atoms with van der Waals surface area (Å²) in [6.07, 6.45) is 3.41. The summed E-state index contributed by atoms with van der Waals surface area (Å²) in [4.78, 5) is 0. The van der Waals surface area contributed by atoms with Crippen molar-refractivity contribution in [1.82, 2.24) is 10.3 Å². The molecule has 52 valence electrons. The third-order valence-corrected chi connectivity index (χ3v) is 1.48. The smallest absolute Gasteiger partial charge is 0.101 e. The molecule has 0 amide bonds. The van der Waals surface area contributed by atoms with E-state index in [0.29, 0.717) is 6.17 Å². The van der Waals surface area contributed by atoms with Crippen LogP contribution in [0, 0.1) is 0 Å². The van der Waals surface area contributed by atoms with Crippen LogP contribution in [0.25, 0.3) is 0 Å². The maximum Gasteiger partial charge on any atom is 0.101 e. The van der Waals surface area contributed by atoms with Gasteiger partial charge in [-0.25, -0.2) is 0 Å². The van der Waals surface area contributed by atoms with E-state index in [2.05, 4.69) is 17.3 Å². The van der Waals surface area contributed by atoms with E-state index in [9.17, 15) is 0 Å². The van der Waals surface area contributed by atoms with Crippen molar-refractivity contribution in [3.8, 4) is 0 Å². The quantitative estimate of drug-likeness (QED) is 0.575. The summed E-state index contributed by atoms with van der Waals surface area (Å²) < 4.78 is 0. The van der Waals surface area contributed by atoms with Gasteiger partial charge in [0.25, 0.3) is 0 Å². The van der Waals surface area contributed by atoms with Gasteiger partial charge in [0, 0.05) is 19.7 Å². The lowest BCUT2D eigenvalue weighted by Crippen LogP contribution is -2.37. The molecule has 0 saturated heterocycles. The summed E-state index contributed by atoms with van der Waals surface area (Å²) in [5.74, 6) is 0. The van der Waals surface area contributed by atoms with E-state index in [1.807, 2.05) is 18.3 Å². The minimum Gasteiger partial charge on any atom is -0.296 e. The molecule has 1 atom stereocenters. The van der Waals surface area contributed by atoms with E-state index in [1.165, 1.54) is 0 Å². The molecule has 1 heterocycles. The van der Waals surface area contributed by atoms with E-state index in [0.717, 1.165) is 13.0 Å². The first-order valence-corrected chi connectivity index (χ1v) is 3.33. The van der Waals surface area contributed by atoms with Crippen molar-refractivity contribution in [1.29, 1.82) is 0 Å². The SMILES string of the molecule is CCNC1CC=NN1C. The summed E-state index contributed by atoms with van der Waals surface area (Å²) in [5.41, 5.74) is 0. The monoisotopic (exact) mass is 127 g/mol. The molecule has 0 bridgehead atoms. The highest BCUT2D eigenvalue weighted by atomic mass is 15.5. The highest BCUT2D eigenvalue weighted by Gasteiger charge is 2.13. The van der Waals surface area contributed by atoms with Crippen LogP contribution in [0.5, 0.6) is 0 Å². The van der Waals surface area contributed by atoms with Crippen LogP contribution in [0.15, 0.2) is 5.10 Å². The zero-order chi connectivity index (χ0) is 6.69. The number of rotatable bonds is 2. The van der Waals surface area contributed by atoms with Crippen molar-refractivity contribution >= 4 is 6.21 Å². The topological polar surface area (TPSA) is 27.6 Å². The van der Waals surface area contributed by atoms with Crippen LogP contribution < -0.4 is 5.32 Å². The van der Waals surface area contributed by atoms with Gasteiger partial charge in [0.1, 0.15) is 6.17 Å². The normalized spacial score (nSPS) is 25.6. The van der Waals surface area contributed by atoms with Gasteiger partial charge in [-0.1, -0.05) is 6.92 Å². The molecule has 1 rings (SSSR count). The van der Waals surface area contributed by atoms with Crippen LogP contribution >= 0.6 is 0 Å². The Bertz CT molecular complexity index is 111. The Morgan fingerprint density at radius 2 is 2.67 bits per heavy atom. The fraction of sp³-hybridized carbons (Fsp3) is 0.833.